The van der Waals surface area contributed by atoms with E-state index in [0.29, 0.717) is 34.1 Å². The van der Waals surface area contributed by atoms with Gasteiger partial charge in [-0.3, -0.25) is 38.9 Å². The molecule has 2 aliphatic rings. The molecule has 9 aromatic carbocycles. The molecule has 0 saturated carbocycles. The summed E-state index contributed by atoms with van der Waals surface area (Å²) in [6.07, 6.45) is 5.54. The van der Waals surface area contributed by atoms with Gasteiger partial charge in [-0.05, 0) is 108 Å². The molecule has 0 spiro atoms. The van der Waals surface area contributed by atoms with Gasteiger partial charge in [0, 0.05) is 123 Å². The molecule has 2 aliphatic heterocycles. The van der Waals surface area contributed by atoms with Gasteiger partial charge in [-0.15, -0.1) is 0 Å². The number of nitrogens with zero attached hydrogens (tertiary/aromatic N) is 4. The smallest absolute Gasteiger partial charge is 0.462 e. The van der Waals surface area contributed by atoms with Gasteiger partial charge in [0.1, 0.15) is 83.8 Å². The van der Waals surface area contributed by atoms with Gasteiger partial charge >= 0.3 is 29.5 Å². The van der Waals surface area contributed by atoms with E-state index in [2.05, 4.69) is 9.97 Å². The van der Waals surface area contributed by atoms with Gasteiger partial charge in [-0.2, -0.15) is 0 Å². The molecule has 2 atom stereocenters. The molecule has 520 valence electrons. The lowest BCUT2D eigenvalue weighted by atomic mass is 9.80. The van der Waals surface area contributed by atoms with Crippen LogP contribution in [0.25, 0.3) is 43.1 Å². The van der Waals surface area contributed by atoms with Crippen LogP contribution in [0.5, 0.6) is 46.0 Å². The predicted octanol–water partition coefficient (Wildman–Crippen LogP) is 12.1. The maximum Gasteiger partial charge on any atom is 0.527 e. The van der Waals surface area contributed by atoms with E-state index in [1.54, 1.807) is 146 Å². The van der Waals surface area contributed by atoms with Crippen LogP contribution in [0, 0.1) is 0 Å². The van der Waals surface area contributed by atoms with Crippen molar-refractivity contribution < 1.29 is 93.2 Å². The number of esters is 2. The molecule has 4 amide bonds. The zero-order chi connectivity index (χ0) is 71.1. The van der Waals surface area contributed by atoms with Crippen molar-refractivity contribution in [2.24, 2.45) is 0 Å². The first kappa shape index (κ1) is 69.6. The first-order valence-corrected chi connectivity index (χ1v) is 36.2. The second-order valence-corrected chi connectivity index (χ2v) is 29.3. The number of carbonyl (C=O) groups excluding carboxylic acids is 6. The molecule has 2 aromatic heterocycles. The van der Waals surface area contributed by atoms with Gasteiger partial charge in [0.15, 0.2) is 0 Å². The summed E-state index contributed by atoms with van der Waals surface area (Å²) in [5.41, 5.74) is 0.792. The van der Waals surface area contributed by atoms with Crippen LogP contribution < -0.4 is 18.9 Å². The van der Waals surface area contributed by atoms with E-state index in [1.165, 1.54) is 91.7 Å². The fourth-order valence-electron chi connectivity index (χ4n) is 12.8. The zero-order valence-electron chi connectivity index (χ0n) is 56.2. The van der Waals surface area contributed by atoms with Crippen LogP contribution in [0.3, 0.4) is 0 Å². The summed E-state index contributed by atoms with van der Waals surface area (Å²) in [5, 5.41) is 1.61. The Morgan fingerprint density at radius 3 is 0.873 bits per heavy atom. The van der Waals surface area contributed by atoms with E-state index >= 15 is 19.2 Å². The number of aromatic nitrogens is 2. The van der Waals surface area contributed by atoms with Crippen LogP contribution in [0.1, 0.15) is 52.6 Å². The Hall–Kier alpha value is -10.9. The number of hydrogen-bond acceptors (Lipinski definition) is 22. The van der Waals surface area contributed by atoms with Gasteiger partial charge in [0.25, 0.3) is 23.6 Å². The third kappa shape index (κ3) is 13.7. The average Bonchev–Trinajstić information content (AvgIpc) is 0.671. The summed E-state index contributed by atoms with van der Waals surface area (Å²) in [6.45, 7) is -0.898. The Kier molecular flexibility index (Phi) is 20.8. The summed E-state index contributed by atoms with van der Waals surface area (Å²) < 4.78 is 84.9. The van der Waals surface area contributed by atoms with Crippen molar-refractivity contribution in [3.05, 3.63) is 228 Å². The van der Waals surface area contributed by atoms with Crippen molar-refractivity contribution >= 4 is 96.3 Å². The van der Waals surface area contributed by atoms with Gasteiger partial charge in [-0.25, -0.2) is 9.59 Å². The molecule has 0 fully saturated rings. The second kappa shape index (κ2) is 30.5. The minimum atomic E-state index is -3.21. The summed E-state index contributed by atoms with van der Waals surface area (Å²) >= 11 is 0. The van der Waals surface area contributed by atoms with Gasteiger partial charge in [0.2, 0.25) is 0 Å². The molecule has 26 heteroatoms. The standard InChI is InChI=1S/C76H68N4O20Si2/c1-87-101(88-2,89-3)45-93-35-37-95-75(85)57(39-47-27-31-77-32-28-47)79-71(81)53-41-59(97-49-19-11-7-12-20-49)65-67-61(99-51-23-15-9-16-24-51)43-55-64-56(74(84)80(73(55)83)58(40-48-29-33-78-34-30-48)76(86)96-38-36-94-46-102(90-4,91-5)92-6)44-62(100-52-25-17-10-18-26-52)68(70(64)67)66-60(98-50-21-13-8-14-22-50)42-54(72(79)82)63(53)69(65)66/h7-34,41-44,57-58H,35-40,45-46H2,1-6H3. The van der Waals surface area contributed by atoms with E-state index in [-0.39, 0.29) is 140 Å². The number of benzene rings is 9. The number of imide groups is 2. The molecule has 0 aliphatic carbocycles. The van der Waals surface area contributed by atoms with E-state index in [0.717, 1.165) is 9.80 Å². The second-order valence-electron chi connectivity index (χ2n) is 23.5. The predicted molar refractivity (Wildman–Crippen MR) is 375 cm³/mol. The van der Waals surface area contributed by atoms with E-state index in [1.807, 2.05) is 0 Å². The van der Waals surface area contributed by atoms with Crippen LogP contribution in [-0.2, 0) is 67.9 Å². The van der Waals surface area contributed by atoms with Crippen LogP contribution in [0.2, 0.25) is 0 Å². The first-order valence-electron chi connectivity index (χ1n) is 32.4. The lowest BCUT2D eigenvalue weighted by Crippen LogP contribution is -2.52. The molecule has 0 N–H and O–H groups in total. The topological polar surface area (TPSA) is 264 Å². The monoisotopic (exact) mass is 1410 g/mol. The largest absolute Gasteiger partial charge is 0.527 e. The number of para-hydroxylation sites is 4. The molecule has 0 bridgehead atoms. The summed E-state index contributed by atoms with van der Waals surface area (Å²) in [6, 6.07) is 44.6. The van der Waals surface area contributed by atoms with Crippen molar-refractivity contribution in [2.75, 3.05) is 81.5 Å². The molecule has 4 heterocycles. The normalized spacial score (nSPS) is 13.7. The van der Waals surface area contributed by atoms with Gasteiger partial charge < -0.3 is 64.5 Å². The maximum atomic E-state index is 16.3. The Labute approximate surface area is 587 Å². The highest BCUT2D eigenvalue weighted by Gasteiger charge is 2.48. The first-order chi connectivity index (χ1) is 49.7. The van der Waals surface area contributed by atoms with Crippen molar-refractivity contribution in [3.8, 4) is 46.0 Å². The van der Waals surface area contributed by atoms with E-state index in [9.17, 15) is 9.59 Å². The van der Waals surface area contributed by atoms with Crippen LogP contribution in [0.4, 0.5) is 0 Å². The number of amides is 4. The Balaban J connectivity index is 1.07. The van der Waals surface area contributed by atoms with Crippen molar-refractivity contribution in [1.29, 1.82) is 0 Å². The van der Waals surface area contributed by atoms with Crippen molar-refractivity contribution in [1.82, 2.24) is 19.8 Å². The van der Waals surface area contributed by atoms with Crippen LogP contribution >= 0.6 is 0 Å². The quantitative estimate of drug-likeness (QED) is 0.00947. The fraction of sp³-hybridized carbons (Fsp3) is 0.211. The number of ether oxygens (including phenoxy) is 8. The molecule has 2 unspecified atom stereocenters. The SMILES string of the molecule is CO[Si](COCCOC(=O)C(Cc1ccncc1)N1C(=O)c2cc(Oc3ccccc3)c3c4c(Oc5ccccc5)cc5c6c(cc(Oc7ccccc7)c(c7c(Oc8ccccc8)cc(c2c37)C1=O)c64)C(=O)N(C(Cc1ccncc1)C(=O)OCCOC[Si](OC)(OC)OC)C5=O)(OC)OC. The van der Waals surface area contributed by atoms with Gasteiger partial charge in [0.05, 0.1) is 35.5 Å². The average molecular weight is 1410 g/mol. The molecular weight excluding hydrogens is 1350 g/mol. The maximum absolute atomic E-state index is 16.3. The minimum absolute atomic E-state index is 0.0253. The number of rotatable bonds is 32. The van der Waals surface area contributed by atoms with Crippen molar-refractivity contribution in [3.63, 3.8) is 0 Å². The van der Waals surface area contributed by atoms with Crippen LogP contribution in [0.15, 0.2) is 195 Å². The minimum Gasteiger partial charge on any atom is -0.462 e. The lowest BCUT2D eigenvalue weighted by molar-refractivity contribution is -0.150. The third-order valence-corrected chi connectivity index (χ3v) is 22.6. The molecule has 11 aromatic rings. The van der Waals surface area contributed by atoms with Crippen LogP contribution in [-0.4, -0.2) is 167 Å². The summed E-state index contributed by atoms with van der Waals surface area (Å²) in [7, 11) is 2.20. The summed E-state index contributed by atoms with van der Waals surface area (Å²) in [4.78, 5) is 105. The number of hydrogen-bond donors (Lipinski definition) is 0. The molecule has 24 nitrogen and oxygen atoms in total. The number of carbonyl (C=O) groups is 6. The van der Waals surface area contributed by atoms with E-state index in [4.69, 9.17) is 64.5 Å². The molecule has 0 radical (unpaired) electrons. The highest BCUT2D eigenvalue weighted by Crippen LogP contribution is 2.58. The molecule has 102 heavy (non-hydrogen) atoms. The number of pyridine rings is 2. The van der Waals surface area contributed by atoms with Gasteiger partial charge in [-0.1, -0.05) is 72.8 Å². The third-order valence-electron chi connectivity index (χ3n) is 17.7. The molecule has 0 saturated heterocycles. The highest BCUT2D eigenvalue weighted by molar-refractivity contribution is 6.60. The Morgan fingerprint density at radius 2 is 0.618 bits per heavy atom. The zero-order valence-corrected chi connectivity index (χ0v) is 58.2. The molecular formula is C76H68N4O20Si2. The van der Waals surface area contributed by atoms with E-state index < -0.39 is 65.3 Å². The highest BCUT2D eigenvalue weighted by atomic mass is 28.4. The number of fused-ring (bicyclic) bond motifs is 2. The fourth-order valence-corrected chi connectivity index (χ4v) is 15.3. The lowest BCUT2D eigenvalue weighted by Gasteiger charge is -2.35. The molecule has 13 rings (SSSR count). The Bertz CT molecular complexity index is 4370. The Morgan fingerprint density at radius 1 is 0.353 bits per heavy atom. The summed E-state index contributed by atoms with van der Waals surface area (Å²) in [5.74, 6) is -4.12. The van der Waals surface area contributed by atoms with Crippen molar-refractivity contribution in [2.45, 2.75) is 24.9 Å².